The van der Waals surface area contributed by atoms with E-state index in [1.54, 1.807) is 6.08 Å². The molecule has 0 spiro atoms. The van der Waals surface area contributed by atoms with E-state index in [0.717, 1.165) is 64.2 Å². The van der Waals surface area contributed by atoms with Gasteiger partial charge in [0.25, 0.3) is 0 Å². The Hall–Kier alpha value is -2.43. The molecule has 0 saturated heterocycles. The lowest BCUT2D eigenvalue weighted by molar-refractivity contribution is -0.123. The smallest absolute Gasteiger partial charge is 0.220 e. The van der Waals surface area contributed by atoms with Gasteiger partial charge in [-0.3, -0.25) is 4.79 Å². The first-order valence-electron chi connectivity index (χ1n) is 29.3. The first kappa shape index (κ1) is 64.6. The molecule has 0 heterocycles. The summed E-state index contributed by atoms with van der Waals surface area (Å²) in [5.41, 5.74) is 0. The number of nitrogens with one attached hydrogen (secondary N) is 1. The molecule has 0 rings (SSSR count). The van der Waals surface area contributed by atoms with Crippen molar-refractivity contribution < 1.29 is 15.0 Å². The first-order chi connectivity index (χ1) is 33.2. The van der Waals surface area contributed by atoms with Crippen LogP contribution in [0.5, 0.6) is 0 Å². The van der Waals surface area contributed by atoms with Gasteiger partial charge in [-0.05, 0) is 70.6 Å². The molecule has 4 nitrogen and oxygen atoms in total. The number of hydrogen-bond acceptors (Lipinski definition) is 3. The topological polar surface area (TPSA) is 69.6 Å². The Bertz CT molecular complexity index is 1190. The van der Waals surface area contributed by atoms with E-state index in [1.807, 2.05) is 6.08 Å². The molecule has 0 radical (unpaired) electrons. The van der Waals surface area contributed by atoms with E-state index in [4.69, 9.17) is 0 Å². The molecule has 67 heavy (non-hydrogen) atoms. The fourth-order valence-corrected chi connectivity index (χ4v) is 8.71. The third-order valence-electron chi connectivity index (χ3n) is 13.1. The number of amides is 1. The minimum atomic E-state index is -0.841. The molecule has 0 aliphatic heterocycles. The summed E-state index contributed by atoms with van der Waals surface area (Å²) in [6.07, 6.45) is 84.7. The number of allylic oxidation sites excluding steroid dienone is 13. The molecule has 2 atom stereocenters. The minimum absolute atomic E-state index is 0.0623. The SMILES string of the molecule is CC/C=C\C/C=C\C/C=C\C/C=C\C/C=C\C/C=C\CCCCCCCCCCCCCCCCCCCCC(=O)NC(CO)C(O)/C=C/CCCCCCCCCCCCCCCCCC. The predicted molar refractivity (Wildman–Crippen MR) is 299 cm³/mol. The summed E-state index contributed by atoms with van der Waals surface area (Å²) in [7, 11) is 0. The maximum absolute atomic E-state index is 12.5. The van der Waals surface area contributed by atoms with Crippen LogP contribution in [-0.2, 0) is 4.79 Å². The Morgan fingerprint density at radius 1 is 0.373 bits per heavy atom. The van der Waals surface area contributed by atoms with E-state index in [2.05, 4.69) is 92.1 Å². The van der Waals surface area contributed by atoms with Gasteiger partial charge in [0.15, 0.2) is 0 Å². The van der Waals surface area contributed by atoms with Crippen LogP contribution in [-0.4, -0.2) is 34.9 Å². The highest BCUT2D eigenvalue weighted by molar-refractivity contribution is 5.76. The summed E-state index contributed by atoms with van der Waals surface area (Å²) in [4.78, 5) is 12.5. The summed E-state index contributed by atoms with van der Waals surface area (Å²) in [5.74, 6) is -0.0623. The number of rotatable bonds is 53. The molecule has 0 aliphatic carbocycles. The van der Waals surface area contributed by atoms with Gasteiger partial charge in [0.05, 0.1) is 18.8 Å². The van der Waals surface area contributed by atoms with Crippen molar-refractivity contribution in [3.63, 3.8) is 0 Å². The van der Waals surface area contributed by atoms with Gasteiger partial charge in [0.1, 0.15) is 0 Å². The van der Waals surface area contributed by atoms with Crippen molar-refractivity contribution in [2.24, 2.45) is 0 Å². The molecule has 0 aromatic carbocycles. The fourth-order valence-electron chi connectivity index (χ4n) is 8.71. The van der Waals surface area contributed by atoms with Crippen molar-refractivity contribution in [3.05, 3.63) is 85.1 Å². The molecule has 3 N–H and O–H groups in total. The quantitative estimate of drug-likeness (QED) is 0.0420. The van der Waals surface area contributed by atoms with Gasteiger partial charge in [0.2, 0.25) is 5.91 Å². The van der Waals surface area contributed by atoms with Crippen LogP contribution in [0.3, 0.4) is 0 Å². The molecule has 2 unspecified atom stereocenters. The van der Waals surface area contributed by atoms with Gasteiger partial charge in [-0.25, -0.2) is 0 Å². The average molecular weight is 933 g/mol. The second-order valence-electron chi connectivity index (χ2n) is 19.7. The van der Waals surface area contributed by atoms with Crippen molar-refractivity contribution in [2.45, 2.75) is 302 Å². The van der Waals surface area contributed by atoms with Crippen LogP contribution in [0.25, 0.3) is 0 Å². The molecular weight excluding hydrogens is 819 g/mol. The van der Waals surface area contributed by atoms with Crippen LogP contribution < -0.4 is 5.32 Å². The van der Waals surface area contributed by atoms with Crippen LogP contribution in [0, 0.1) is 0 Å². The Morgan fingerprint density at radius 3 is 0.985 bits per heavy atom. The Morgan fingerprint density at radius 2 is 0.657 bits per heavy atom. The molecule has 0 aliphatic rings. The monoisotopic (exact) mass is 932 g/mol. The van der Waals surface area contributed by atoms with Crippen molar-refractivity contribution in [1.82, 2.24) is 5.32 Å². The number of carbonyl (C=O) groups excluding carboxylic acids is 1. The zero-order chi connectivity index (χ0) is 48.5. The summed E-state index contributed by atoms with van der Waals surface area (Å²) in [6.45, 7) is 4.21. The highest BCUT2D eigenvalue weighted by Crippen LogP contribution is 2.17. The van der Waals surface area contributed by atoms with Crippen LogP contribution in [0.2, 0.25) is 0 Å². The van der Waals surface area contributed by atoms with E-state index in [1.165, 1.54) is 205 Å². The van der Waals surface area contributed by atoms with Gasteiger partial charge < -0.3 is 15.5 Å². The van der Waals surface area contributed by atoms with Gasteiger partial charge in [-0.2, -0.15) is 0 Å². The molecule has 388 valence electrons. The summed E-state index contributed by atoms with van der Waals surface area (Å²) < 4.78 is 0. The van der Waals surface area contributed by atoms with E-state index >= 15 is 0 Å². The normalized spacial score (nSPS) is 13.4. The highest BCUT2D eigenvalue weighted by atomic mass is 16.3. The molecular formula is C63H113NO3. The average Bonchev–Trinajstić information content (AvgIpc) is 3.33. The lowest BCUT2D eigenvalue weighted by Gasteiger charge is -2.20. The number of aliphatic hydroxyl groups is 2. The minimum Gasteiger partial charge on any atom is -0.394 e. The van der Waals surface area contributed by atoms with E-state index in [0.29, 0.717) is 6.42 Å². The number of hydrogen-bond donors (Lipinski definition) is 3. The molecule has 0 fully saturated rings. The molecule has 1 amide bonds. The third kappa shape index (κ3) is 54.4. The first-order valence-corrected chi connectivity index (χ1v) is 29.3. The Labute approximate surface area is 418 Å². The fraction of sp³-hybridized carbons (Fsp3) is 0.762. The second-order valence-corrected chi connectivity index (χ2v) is 19.7. The maximum Gasteiger partial charge on any atom is 0.220 e. The summed E-state index contributed by atoms with van der Waals surface area (Å²) in [5, 5.41) is 23.2. The predicted octanol–water partition coefficient (Wildman–Crippen LogP) is 19.5. The number of carbonyl (C=O) groups is 1. The molecule has 4 heteroatoms. The van der Waals surface area contributed by atoms with E-state index in [9.17, 15) is 15.0 Å². The molecule has 0 bridgehead atoms. The van der Waals surface area contributed by atoms with Crippen LogP contribution >= 0.6 is 0 Å². The van der Waals surface area contributed by atoms with E-state index in [-0.39, 0.29) is 12.5 Å². The zero-order valence-corrected chi connectivity index (χ0v) is 44.7. The highest BCUT2D eigenvalue weighted by Gasteiger charge is 2.18. The van der Waals surface area contributed by atoms with Gasteiger partial charge in [-0.15, -0.1) is 0 Å². The summed E-state index contributed by atoms with van der Waals surface area (Å²) >= 11 is 0. The summed E-state index contributed by atoms with van der Waals surface area (Å²) in [6, 6.07) is -0.625. The van der Waals surface area contributed by atoms with Gasteiger partial charge >= 0.3 is 0 Å². The van der Waals surface area contributed by atoms with Crippen molar-refractivity contribution in [3.8, 4) is 0 Å². The van der Waals surface area contributed by atoms with Crippen molar-refractivity contribution in [2.75, 3.05) is 6.61 Å². The largest absolute Gasteiger partial charge is 0.394 e. The van der Waals surface area contributed by atoms with Crippen LogP contribution in [0.1, 0.15) is 290 Å². The molecule has 0 saturated carbocycles. The van der Waals surface area contributed by atoms with Crippen molar-refractivity contribution in [1.29, 1.82) is 0 Å². The third-order valence-corrected chi connectivity index (χ3v) is 13.1. The Balaban J connectivity index is 3.48. The Kier molecular flexibility index (Phi) is 55.8. The maximum atomic E-state index is 12.5. The van der Waals surface area contributed by atoms with Gasteiger partial charge in [0, 0.05) is 6.42 Å². The zero-order valence-electron chi connectivity index (χ0n) is 44.7. The van der Waals surface area contributed by atoms with Crippen LogP contribution in [0.4, 0.5) is 0 Å². The second kappa shape index (κ2) is 57.9. The van der Waals surface area contributed by atoms with Gasteiger partial charge in [-0.1, -0.05) is 298 Å². The lowest BCUT2D eigenvalue weighted by Crippen LogP contribution is -2.45. The van der Waals surface area contributed by atoms with E-state index < -0.39 is 12.1 Å². The van der Waals surface area contributed by atoms with Crippen molar-refractivity contribution >= 4 is 5.91 Å². The number of unbranched alkanes of at least 4 members (excludes halogenated alkanes) is 34. The number of aliphatic hydroxyl groups excluding tert-OH is 2. The standard InChI is InChI=1S/C63H113NO3/c1-3-5-7-9-11-13-15-17-19-21-23-24-25-26-27-28-29-30-31-32-33-34-35-36-37-38-39-40-41-43-45-47-49-51-53-55-57-59-63(67)64-61(60-65)62(66)58-56-54-52-50-48-46-44-42-22-20-18-16-14-12-10-8-6-4-2/h5,7,11,13,17,19,23-24,26-27,29-30,56,58,61-62,65-66H,3-4,6,8-10,12,14-16,18,20-22,25,28,31-55,57,59-60H2,1-2H3,(H,64,67)/b7-5-,13-11-,19-17-,24-23-,27-26-,30-29-,58-56+. The van der Waals surface area contributed by atoms with Crippen LogP contribution in [0.15, 0.2) is 85.1 Å². The molecule has 0 aromatic rings. The molecule has 0 aromatic heterocycles. The lowest BCUT2D eigenvalue weighted by atomic mass is 10.0.